The molecule has 6 nitrogen and oxygen atoms in total. The number of rotatable bonds is 5. The maximum absolute atomic E-state index is 11.4. The topological polar surface area (TPSA) is 57.7 Å². The van der Waals surface area contributed by atoms with Gasteiger partial charge in [0, 0.05) is 33.3 Å². The number of ether oxygens (including phenoxy) is 1. The molecule has 20 heavy (non-hydrogen) atoms. The number of pyridine rings is 1. The Morgan fingerprint density at radius 2 is 2.10 bits per heavy atom. The van der Waals surface area contributed by atoms with Crippen molar-refractivity contribution in [1.82, 2.24) is 9.88 Å². The van der Waals surface area contributed by atoms with Crippen LogP contribution in [0.3, 0.4) is 0 Å². The summed E-state index contributed by atoms with van der Waals surface area (Å²) in [6.45, 7) is 7.49. The number of hydrogen-bond acceptors (Lipinski definition) is 5. The normalized spacial score (nSPS) is 16.2. The fourth-order valence-electron chi connectivity index (χ4n) is 2.27. The summed E-state index contributed by atoms with van der Waals surface area (Å²) in [5.41, 5.74) is 0.697. The molecule has 110 valence electrons. The van der Waals surface area contributed by atoms with Crippen LogP contribution < -0.4 is 10.2 Å². The summed E-state index contributed by atoms with van der Waals surface area (Å²) in [6, 6.07) is 3.83. The van der Waals surface area contributed by atoms with Crippen molar-refractivity contribution >= 4 is 17.4 Å². The van der Waals surface area contributed by atoms with Crippen molar-refractivity contribution in [3.63, 3.8) is 0 Å². The highest BCUT2D eigenvalue weighted by Crippen LogP contribution is 2.16. The summed E-state index contributed by atoms with van der Waals surface area (Å²) in [6.07, 6.45) is 1.69. The third-order valence-electron chi connectivity index (χ3n) is 3.45. The molecule has 1 aliphatic heterocycles. The van der Waals surface area contributed by atoms with Crippen LogP contribution >= 0.6 is 0 Å². The molecule has 6 heteroatoms. The molecule has 1 N–H and O–H groups in total. The number of amides is 1. The number of nitrogens with zero attached hydrogens (tertiary/aromatic N) is 3. The number of carbonyl (C=O) groups is 1. The molecule has 0 radical (unpaired) electrons. The molecule has 0 spiro atoms. The number of likely N-dealkylation sites (N-methyl/N-ethyl adjacent to an activating group) is 1. The Labute approximate surface area is 119 Å². The Bertz CT molecular complexity index is 427. The maximum Gasteiger partial charge on any atom is 0.250 e. The minimum absolute atomic E-state index is 0.0563. The summed E-state index contributed by atoms with van der Waals surface area (Å²) in [5.74, 6) is 0.795. The molecule has 1 aromatic heterocycles. The first kappa shape index (κ1) is 14.7. The molecule has 1 saturated heterocycles. The molecule has 0 bridgehead atoms. The van der Waals surface area contributed by atoms with Gasteiger partial charge in [0.15, 0.2) is 0 Å². The predicted octanol–water partition coefficient (Wildman–Crippen LogP) is 0.808. The van der Waals surface area contributed by atoms with Gasteiger partial charge in [0.1, 0.15) is 12.4 Å². The van der Waals surface area contributed by atoms with E-state index in [4.69, 9.17) is 4.74 Å². The van der Waals surface area contributed by atoms with E-state index in [1.54, 1.807) is 6.20 Å². The van der Waals surface area contributed by atoms with Crippen LogP contribution in [0.25, 0.3) is 0 Å². The Balaban J connectivity index is 1.90. The van der Waals surface area contributed by atoms with Crippen LogP contribution in [-0.2, 0) is 9.53 Å². The lowest BCUT2D eigenvalue weighted by Crippen LogP contribution is -2.46. The van der Waals surface area contributed by atoms with Crippen molar-refractivity contribution in [1.29, 1.82) is 0 Å². The Morgan fingerprint density at radius 3 is 2.65 bits per heavy atom. The van der Waals surface area contributed by atoms with Crippen LogP contribution in [-0.4, -0.2) is 62.2 Å². The van der Waals surface area contributed by atoms with Crippen molar-refractivity contribution in [3.8, 4) is 0 Å². The first-order valence-corrected chi connectivity index (χ1v) is 6.95. The van der Waals surface area contributed by atoms with Gasteiger partial charge in [0.25, 0.3) is 0 Å². The van der Waals surface area contributed by atoms with E-state index in [1.807, 2.05) is 12.1 Å². The second-order valence-electron chi connectivity index (χ2n) is 4.81. The van der Waals surface area contributed by atoms with E-state index in [0.29, 0.717) is 5.69 Å². The van der Waals surface area contributed by atoms with Gasteiger partial charge in [-0.15, -0.1) is 0 Å². The minimum Gasteiger partial charge on any atom is -0.375 e. The van der Waals surface area contributed by atoms with Gasteiger partial charge in [-0.25, -0.2) is 4.98 Å². The number of piperazine rings is 1. The van der Waals surface area contributed by atoms with Gasteiger partial charge >= 0.3 is 0 Å². The third-order valence-corrected chi connectivity index (χ3v) is 3.45. The lowest BCUT2D eigenvalue weighted by molar-refractivity contribution is -0.119. The van der Waals surface area contributed by atoms with E-state index in [1.165, 1.54) is 7.11 Å². The van der Waals surface area contributed by atoms with Crippen molar-refractivity contribution < 1.29 is 9.53 Å². The minimum atomic E-state index is -0.168. The molecule has 0 aliphatic carbocycles. The molecule has 1 aromatic rings. The first-order valence-electron chi connectivity index (χ1n) is 6.95. The lowest BCUT2D eigenvalue weighted by Gasteiger charge is -2.34. The molecule has 1 amide bonds. The smallest absolute Gasteiger partial charge is 0.250 e. The van der Waals surface area contributed by atoms with Gasteiger partial charge in [0.2, 0.25) is 5.91 Å². The van der Waals surface area contributed by atoms with E-state index in [2.05, 4.69) is 27.0 Å². The summed E-state index contributed by atoms with van der Waals surface area (Å²) < 4.78 is 4.77. The van der Waals surface area contributed by atoms with Gasteiger partial charge in [-0.05, 0) is 18.7 Å². The zero-order valence-electron chi connectivity index (χ0n) is 12.1. The molecule has 2 heterocycles. The quantitative estimate of drug-likeness (QED) is 0.863. The van der Waals surface area contributed by atoms with Crippen molar-refractivity contribution in [2.24, 2.45) is 0 Å². The molecule has 0 atom stereocenters. The third kappa shape index (κ3) is 3.91. The Hall–Kier alpha value is -1.66. The molecule has 0 aromatic carbocycles. The van der Waals surface area contributed by atoms with Gasteiger partial charge < -0.3 is 19.9 Å². The van der Waals surface area contributed by atoms with E-state index in [9.17, 15) is 4.79 Å². The van der Waals surface area contributed by atoms with E-state index < -0.39 is 0 Å². The Morgan fingerprint density at radius 1 is 1.35 bits per heavy atom. The second-order valence-corrected chi connectivity index (χ2v) is 4.81. The highest BCUT2D eigenvalue weighted by atomic mass is 16.5. The maximum atomic E-state index is 11.4. The standard InChI is InChI=1S/C14H22N4O2/c1-3-17-6-8-18(9-7-17)13-5-4-12(10-15-13)16-14(19)11-20-2/h4-5,10H,3,6-9,11H2,1-2H3,(H,16,19). The fourth-order valence-corrected chi connectivity index (χ4v) is 2.27. The fraction of sp³-hybridized carbons (Fsp3) is 0.571. The van der Waals surface area contributed by atoms with Crippen molar-refractivity contribution in [3.05, 3.63) is 18.3 Å². The van der Waals surface area contributed by atoms with E-state index in [-0.39, 0.29) is 12.5 Å². The molecule has 2 rings (SSSR count). The average molecular weight is 278 g/mol. The number of anilines is 2. The number of carbonyl (C=O) groups excluding carboxylic acids is 1. The average Bonchev–Trinajstić information content (AvgIpc) is 2.48. The Kier molecular flexibility index (Phi) is 5.31. The van der Waals surface area contributed by atoms with Crippen LogP contribution in [0, 0.1) is 0 Å². The zero-order chi connectivity index (χ0) is 14.4. The molecular weight excluding hydrogens is 256 g/mol. The summed E-state index contributed by atoms with van der Waals surface area (Å²) in [7, 11) is 1.50. The molecule has 0 saturated carbocycles. The van der Waals surface area contributed by atoms with E-state index >= 15 is 0 Å². The highest BCUT2D eigenvalue weighted by molar-refractivity contribution is 5.91. The highest BCUT2D eigenvalue weighted by Gasteiger charge is 2.16. The summed E-state index contributed by atoms with van der Waals surface area (Å²) in [5, 5.41) is 2.74. The van der Waals surface area contributed by atoms with E-state index in [0.717, 1.165) is 38.5 Å². The number of methoxy groups -OCH3 is 1. The van der Waals surface area contributed by atoms with Crippen molar-refractivity contribution in [2.75, 3.05) is 56.7 Å². The SMILES string of the molecule is CCN1CCN(c2ccc(NC(=O)COC)cn2)CC1. The molecule has 1 fully saturated rings. The zero-order valence-corrected chi connectivity index (χ0v) is 12.1. The van der Waals surface area contributed by atoms with Crippen LogP contribution in [0.1, 0.15) is 6.92 Å². The second kappa shape index (κ2) is 7.21. The van der Waals surface area contributed by atoms with Gasteiger partial charge in [-0.3, -0.25) is 4.79 Å². The van der Waals surface area contributed by atoms with Crippen LogP contribution in [0.15, 0.2) is 18.3 Å². The summed E-state index contributed by atoms with van der Waals surface area (Å²) >= 11 is 0. The molecule has 0 unspecified atom stereocenters. The lowest BCUT2D eigenvalue weighted by atomic mass is 10.3. The number of aromatic nitrogens is 1. The van der Waals surface area contributed by atoms with Crippen molar-refractivity contribution in [2.45, 2.75) is 6.92 Å². The van der Waals surface area contributed by atoms with Crippen LogP contribution in [0.4, 0.5) is 11.5 Å². The first-order chi connectivity index (χ1) is 9.72. The number of hydrogen-bond donors (Lipinski definition) is 1. The van der Waals surface area contributed by atoms with Gasteiger partial charge in [-0.2, -0.15) is 0 Å². The monoisotopic (exact) mass is 278 g/mol. The van der Waals surface area contributed by atoms with Gasteiger partial charge in [0.05, 0.1) is 11.9 Å². The van der Waals surface area contributed by atoms with Crippen LogP contribution in [0.2, 0.25) is 0 Å². The largest absolute Gasteiger partial charge is 0.375 e. The molecular formula is C14H22N4O2. The van der Waals surface area contributed by atoms with Gasteiger partial charge in [-0.1, -0.05) is 6.92 Å². The molecule has 1 aliphatic rings. The summed E-state index contributed by atoms with van der Waals surface area (Å²) in [4.78, 5) is 20.5. The predicted molar refractivity (Wildman–Crippen MR) is 79.1 cm³/mol. The number of nitrogens with one attached hydrogen (secondary N) is 1. The van der Waals surface area contributed by atoms with Crippen LogP contribution in [0.5, 0.6) is 0 Å².